The minimum Gasteiger partial charge on any atom is -0.298 e. The van der Waals surface area contributed by atoms with Crippen LogP contribution >= 0.6 is 0 Å². The first kappa shape index (κ1) is 4.39. The van der Waals surface area contributed by atoms with Crippen LogP contribution in [0.25, 0.3) is 0 Å². The third-order valence-corrected chi connectivity index (χ3v) is 1.15. The van der Waals surface area contributed by atoms with Crippen molar-refractivity contribution in [2.75, 3.05) is 0 Å². The molecule has 0 aliphatic carbocycles. The van der Waals surface area contributed by atoms with Crippen molar-refractivity contribution in [1.82, 2.24) is 0 Å². The molecule has 1 aromatic carbocycles. The van der Waals surface area contributed by atoms with Gasteiger partial charge in [0, 0.05) is 11.1 Å². The Morgan fingerprint density at radius 2 is 1.50 bits per heavy atom. The Morgan fingerprint density at radius 3 is 1.80 bits per heavy atom. The molecule has 1 rings (SSSR count). The van der Waals surface area contributed by atoms with Gasteiger partial charge in [-0.2, -0.15) is 0 Å². The molecule has 0 heterocycles. The monoisotopic (exact) mass is 136 g/mol. The highest BCUT2D eigenvalue weighted by atomic mass is 16.1. The van der Waals surface area contributed by atoms with Gasteiger partial charge in [0.2, 0.25) is 0 Å². The fraction of sp³-hybridized carbons (Fsp3) is 0. The first-order valence-corrected chi connectivity index (χ1v) is 2.74. The summed E-state index contributed by atoms with van der Waals surface area (Å²) >= 11 is 0. The van der Waals surface area contributed by atoms with Crippen molar-refractivity contribution in [2.24, 2.45) is 0 Å². The van der Waals surface area contributed by atoms with E-state index in [0.29, 0.717) is 0 Å². The lowest BCUT2D eigenvalue weighted by atomic mass is 10.1. The third kappa shape index (κ3) is 1.10. The number of benzene rings is 1. The molecule has 0 N–H and O–H groups in total. The molecule has 50 valence electrons. The molecule has 2 nitrogen and oxygen atoms in total. The van der Waals surface area contributed by atoms with Crippen LogP contribution in [0.5, 0.6) is 0 Å². The van der Waals surface area contributed by atoms with Crippen LogP contribution in [-0.4, -0.2) is 12.5 Å². The van der Waals surface area contributed by atoms with Crippen molar-refractivity contribution in [3.8, 4) is 0 Å². The first-order valence-electron chi connectivity index (χ1n) is 3.74. The number of rotatable bonds is 2. The second kappa shape index (κ2) is 2.92. The van der Waals surface area contributed by atoms with Crippen molar-refractivity contribution in [2.45, 2.75) is 0 Å². The minimum atomic E-state index is -0.939. The summed E-state index contributed by atoms with van der Waals surface area (Å²) in [4.78, 5) is 21.2. The van der Waals surface area contributed by atoms with Crippen LogP contribution in [0.3, 0.4) is 0 Å². The van der Waals surface area contributed by atoms with Crippen LogP contribution in [0.4, 0.5) is 0 Å². The Morgan fingerprint density at radius 1 is 1.10 bits per heavy atom. The second-order valence-corrected chi connectivity index (χ2v) is 1.75. The van der Waals surface area contributed by atoms with Crippen LogP contribution < -0.4 is 0 Å². The van der Waals surface area contributed by atoms with Gasteiger partial charge in [0.25, 0.3) is 0 Å². The number of carbonyl (C=O) groups is 2. The Labute approximate surface area is 61.3 Å². The van der Waals surface area contributed by atoms with Gasteiger partial charge in [-0.25, -0.2) is 0 Å². The number of hydrogen-bond acceptors (Lipinski definition) is 2. The van der Waals surface area contributed by atoms with Crippen molar-refractivity contribution >= 4 is 12.5 Å². The smallest absolute Gasteiger partial charge is 0.150 e. The molecule has 0 fully saturated rings. The molecule has 2 heteroatoms. The highest BCUT2D eigenvalue weighted by Gasteiger charge is 1.95. The maximum absolute atomic E-state index is 10.6. The molecule has 0 atom stereocenters. The van der Waals surface area contributed by atoms with Gasteiger partial charge in [0.1, 0.15) is 2.74 Å². The summed E-state index contributed by atoms with van der Waals surface area (Å²) in [6, 6.07) is 5.82. The molecule has 0 unspecified atom stereocenters. The van der Waals surface area contributed by atoms with Crippen LogP contribution in [0.2, 0.25) is 0 Å². The summed E-state index contributed by atoms with van der Waals surface area (Å²) in [5.41, 5.74) is -0.0324. The fourth-order valence-electron chi connectivity index (χ4n) is 0.661. The number of carbonyl (C=O) groups excluding carboxylic acids is 2. The van der Waals surface area contributed by atoms with Gasteiger partial charge in [-0.15, -0.1) is 0 Å². The topological polar surface area (TPSA) is 34.1 Å². The van der Waals surface area contributed by atoms with Gasteiger partial charge >= 0.3 is 0 Å². The van der Waals surface area contributed by atoms with E-state index in [9.17, 15) is 9.59 Å². The lowest BCUT2D eigenvalue weighted by Gasteiger charge is -1.91. The zero-order valence-electron chi connectivity index (χ0n) is 7.13. The molecular weight excluding hydrogens is 128 g/mol. The summed E-state index contributed by atoms with van der Waals surface area (Å²) < 4.78 is 13.6. The Hall–Kier alpha value is -1.44. The first-order chi connectivity index (χ1) is 5.63. The molecule has 0 saturated carbocycles. The molecule has 0 bridgehead atoms. The Bertz CT molecular complexity index is 301. The van der Waals surface area contributed by atoms with Gasteiger partial charge in [-0.1, -0.05) is 24.3 Å². The SMILES string of the molecule is [2H]C(=O)c1ccccc1C([2H])=O. The molecule has 1 aromatic rings. The molecule has 0 aromatic heterocycles. The van der Waals surface area contributed by atoms with E-state index < -0.39 is 12.5 Å². The summed E-state index contributed by atoms with van der Waals surface area (Å²) in [5, 5.41) is 0. The predicted octanol–water partition coefficient (Wildman–Crippen LogP) is 1.31. The molecule has 0 aliphatic rings. The zero-order valence-corrected chi connectivity index (χ0v) is 5.13. The average Bonchev–Trinajstić information content (AvgIpc) is 2.04. The molecule has 10 heavy (non-hydrogen) atoms. The molecular formula is C8H6O2. The summed E-state index contributed by atoms with van der Waals surface area (Å²) in [6.45, 7) is 0. The van der Waals surface area contributed by atoms with Crippen LogP contribution in [0.1, 0.15) is 23.5 Å². The number of hydrogen-bond donors (Lipinski definition) is 0. The van der Waals surface area contributed by atoms with Crippen LogP contribution in [-0.2, 0) is 0 Å². The van der Waals surface area contributed by atoms with E-state index in [4.69, 9.17) is 2.74 Å². The van der Waals surface area contributed by atoms with Crippen LogP contribution in [0.15, 0.2) is 24.3 Å². The predicted molar refractivity (Wildman–Crippen MR) is 37.2 cm³/mol. The summed E-state index contributed by atoms with van der Waals surface area (Å²) in [5.74, 6) is 0. The summed E-state index contributed by atoms with van der Waals surface area (Å²) in [7, 11) is 0. The van der Waals surface area contributed by atoms with Crippen molar-refractivity contribution in [1.29, 1.82) is 0 Å². The van der Waals surface area contributed by atoms with E-state index in [1.54, 1.807) is 12.1 Å². The summed E-state index contributed by atoms with van der Waals surface area (Å²) in [6.07, 6.45) is -1.88. The number of aldehydes is 2. The maximum Gasteiger partial charge on any atom is 0.150 e. The standard InChI is InChI=1S/C8H6O2/c9-5-7-3-1-2-4-8(7)6-10/h1-6H/i5D,6D. The lowest BCUT2D eigenvalue weighted by Crippen LogP contribution is -1.87. The molecule has 0 saturated heterocycles. The van der Waals surface area contributed by atoms with Crippen LogP contribution in [0, 0.1) is 0 Å². The highest BCUT2D eigenvalue weighted by Crippen LogP contribution is 2.01. The van der Waals surface area contributed by atoms with E-state index in [0.717, 1.165) is 0 Å². The quantitative estimate of drug-likeness (QED) is 0.574. The minimum absolute atomic E-state index is 0.0162. The Balaban J connectivity index is 3.27. The van der Waals surface area contributed by atoms with Gasteiger partial charge in [0.15, 0.2) is 12.5 Å². The van der Waals surface area contributed by atoms with E-state index in [1.165, 1.54) is 12.1 Å². The van der Waals surface area contributed by atoms with Gasteiger partial charge in [-0.3, -0.25) is 9.59 Å². The molecule has 0 aliphatic heterocycles. The van der Waals surface area contributed by atoms with Crippen molar-refractivity contribution < 1.29 is 12.3 Å². The van der Waals surface area contributed by atoms with Crippen molar-refractivity contribution in [3.63, 3.8) is 0 Å². The zero-order chi connectivity index (χ0) is 9.14. The van der Waals surface area contributed by atoms with Gasteiger partial charge < -0.3 is 0 Å². The molecule has 0 radical (unpaired) electrons. The largest absolute Gasteiger partial charge is 0.298 e. The van der Waals surface area contributed by atoms with E-state index in [2.05, 4.69) is 0 Å². The molecule has 0 spiro atoms. The van der Waals surface area contributed by atoms with Gasteiger partial charge in [0.05, 0.1) is 0 Å². The van der Waals surface area contributed by atoms with E-state index in [-0.39, 0.29) is 11.1 Å². The lowest BCUT2D eigenvalue weighted by molar-refractivity contribution is 0.109. The van der Waals surface area contributed by atoms with E-state index in [1.807, 2.05) is 0 Å². The third-order valence-electron chi connectivity index (χ3n) is 1.15. The maximum atomic E-state index is 10.6. The van der Waals surface area contributed by atoms with Crippen molar-refractivity contribution in [3.05, 3.63) is 35.4 Å². The molecule has 0 amide bonds. The normalized spacial score (nSPS) is 11.6. The average molecular weight is 136 g/mol. The van der Waals surface area contributed by atoms with Gasteiger partial charge in [-0.05, 0) is 0 Å². The van der Waals surface area contributed by atoms with E-state index >= 15 is 0 Å². The highest BCUT2D eigenvalue weighted by molar-refractivity contribution is 5.89. The fourth-order valence-corrected chi connectivity index (χ4v) is 0.661. The second-order valence-electron chi connectivity index (χ2n) is 1.75. The Kier molecular flexibility index (Phi) is 1.28.